The van der Waals surface area contributed by atoms with Crippen molar-refractivity contribution in [2.24, 2.45) is 0 Å². The molecular weight excluding hydrogens is 735 g/mol. The van der Waals surface area contributed by atoms with Crippen LogP contribution in [0.5, 0.6) is 11.5 Å². The van der Waals surface area contributed by atoms with Crippen LogP contribution in [0.4, 0.5) is 29.0 Å². The topological polar surface area (TPSA) is 169 Å². The summed E-state index contributed by atoms with van der Waals surface area (Å²) in [5, 5.41) is 21.5. The fourth-order valence-electron chi connectivity index (χ4n) is 10.5. The molecule has 2 aromatic carbocycles. The van der Waals surface area contributed by atoms with E-state index in [9.17, 15) is 14.7 Å². The zero-order valence-corrected chi connectivity index (χ0v) is 32.7. The molecule has 58 heavy (non-hydrogen) atoms. The second-order valence-corrected chi connectivity index (χ2v) is 16.7. The Kier molecular flexibility index (Phi) is 9.62. The first kappa shape index (κ1) is 36.6. The lowest BCUT2D eigenvalue weighted by molar-refractivity contribution is -0.134. The van der Waals surface area contributed by atoms with Crippen molar-refractivity contribution >= 4 is 40.8 Å². The zero-order chi connectivity index (χ0) is 39.3. The van der Waals surface area contributed by atoms with E-state index in [1.807, 2.05) is 24.4 Å². The Morgan fingerprint density at radius 1 is 0.793 bits per heavy atom. The molecule has 15 heteroatoms. The highest BCUT2D eigenvalue weighted by molar-refractivity contribution is 6.02. The van der Waals surface area contributed by atoms with E-state index in [1.54, 1.807) is 12.1 Å². The number of rotatable bonds is 7. The smallest absolute Gasteiger partial charge is 0.249 e. The molecule has 5 aliphatic heterocycles. The number of carbonyl (C=O) groups excluding carboxylic acids is 2. The van der Waals surface area contributed by atoms with Crippen molar-refractivity contribution in [2.75, 3.05) is 77.8 Å². The van der Waals surface area contributed by atoms with Gasteiger partial charge in [0.1, 0.15) is 30.0 Å². The number of nitrogen functional groups attached to an aromatic ring is 1. The van der Waals surface area contributed by atoms with Crippen molar-refractivity contribution in [3.8, 4) is 22.8 Å². The number of aromatic hydroxyl groups is 1. The van der Waals surface area contributed by atoms with Crippen LogP contribution in [-0.2, 0) is 9.59 Å². The second kappa shape index (κ2) is 15.2. The van der Waals surface area contributed by atoms with Crippen molar-refractivity contribution < 1.29 is 19.4 Å². The molecule has 5 fully saturated rings. The summed E-state index contributed by atoms with van der Waals surface area (Å²) >= 11 is 0. The van der Waals surface area contributed by atoms with Crippen LogP contribution < -0.4 is 35.4 Å². The SMILES string of the molecule is Nc1nnc(-c2ccccc2O)cc1N1C[C@H]2CC[C@@H](C1)N2c1nccc(N2CCN(C3CCC(c4cccc5c4OCCN5[C@H]4CCC(=O)NC4=O)CC3)CC2)n1. The highest BCUT2D eigenvalue weighted by Gasteiger charge is 2.43. The van der Waals surface area contributed by atoms with Crippen LogP contribution >= 0.6 is 0 Å². The number of piperazine rings is 2. The fraction of sp³-hybridized carbons (Fsp3) is 0.488. The highest BCUT2D eigenvalue weighted by atomic mass is 16.5. The second-order valence-electron chi connectivity index (χ2n) is 16.7. The zero-order valence-electron chi connectivity index (χ0n) is 32.7. The molecule has 302 valence electrons. The largest absolute Gasteiger partial charge is 0.507 e. The summed E-state index contributed by atoms with van der Waals surface area (Å²) in [4.78, 5) is 46.5. The first-order valence-corrected chi connectivity index (χ1v) is 21.0. The third-order valence-corrected chi connectivity index (χ3v) is 13.5. The standard InChI is InChI=1S/C43H51N11O4/c44-41-36(24-33(48-49-41)32-4-1-2-7-37(32)55)52-25-29-12-13-30(26-52)54(29)43-45-17-16-38(46-43)51-20-18-50(19-21-51)28-10-8-27(9-11-28)31-5-3-6-34-40(31)58-23-22-53(34)35-14-15-39(56)47-42(35)57/h1-7,16-17,24,27-30,35,55H,8-15,18-23,25-26H2,(H2,44,49)(H,47,56,57)/t27?,28?,29-,30+,35-/m0/s1. The number of carbonyl (C=O) groups is 2. The number of imide groups is 1. The fourth-order valence-corrected chi connectivity index (χ4v) is 10.5. The number of fused-ring (bicyclic) bond motifs is 3. The van der Waals surface area contributed by atoms with Crippen LogP contribution in [0.15, 0.2) is 60.8 Å². The minimum Gasteiger partial charge on any atom is -0.507 e. The molecule has 2 amide bonds. The lowest BCUT2D eigenvalue weighted by atomic mass is 9.80. The van der Waals surface area contributed by atoms with Gasteiger partial charge in [-0.3, -0.25) is 19.8 Å². The Hall–Kier alpha value is -5.70. The number of phenolic OH excluding ortho intramolecular Hbond substituents is 1. The molecular formula is C43H51N11O4. The average Bonchev–Trinajstić information content (AvgIpc) is 3.52. The van der Waals surface area contributed by atoms with Crippen molar-refractivity contribution in [3.05, 3.63) is 66.4 Å². The summed E-state index contributed by atoms with van der Waals surface area (Å²) in [6.07, 6.45) is 9.44. The number of benzene rings is 2. The Balaban J connectivity index is 0.753. The van der Waals surface area contributed by atoms with E-state index in [2.05, 4.69) is 64.3 Å². The van der Waals surface area contributed by atoms with Crippen molar-refractivity contribution in [1.29, 1.82) is 0 Å². The van der Waals surface area contributed by atoms with Crippen LogP contribution in [-0.4, -0.2) is 119 Å². The number of nitrogens with two attached hydrogens (primary N) is 1. The monoisotopic (exact) mass is 785 g/mol. The molecule has 1 aliphatic carbocycles. The number of piperidine rings is 1. The first-order chi connectivity index (χ1) is 28.4. The van der Waals surface area contributed by atoms with Gasteiger partial charge in [0.05, 0.1) is 23.6 Å². The summed E-state index contributed by atoms with van der Waals surface area (Å²) in [7, 11) is 0. The van der Waals surface area contributed by atoms with Gasteiger partial charge in [-0.2, -0.15) is 4.98 Å². The van der Waals surface area contributed by atoms with E-state index in [-0.39, 0.29) is 35.7 Å². The molecule has 6 aliphatic rings. The molecule has 7 heterocycles. The third-order valence-electron chi connectivity index (χ3n) is 13.5. The predicted molar refractivity (Wildman–Crippen MR) is 221 cm³/mol. The number of nitrogens with zero attached hydrogens (tertiary/aromatic N) is 9. The number of phenols is 1. The molecule has 2 aromatic heterocycles. The van der Waals surface area contributed by atoms with Gasteiger partial charge < -0.3 is 35.2 Å². The summed E-state index contributed by atoms with van der Waals surface area (Å²) in [6, 6.07) is 18.3. The first-order valence-electron chi connectivity index (χ1n) is 21.0. The molecule has 0 radical (unpaired) electrons. The maximum Gasteiger partial charge on any atom is 0.249 e. The molecule has 2 bridgehead atoms. The Bertz CT molecular complexity index is 2180. The summed E-state index contributed by atoms with van der Waals surface area (Å²) in [6.45, 7) is 6.61. The molecule has 4 N–H and O–H groups in total. The molecule has 0 unspecified atom stereocenters. The summed E-state index contributed by atoms with van der Waals surface area (Å²) in [5.74, 6) is 3.30. The van der Waals surface area contributed by atoms with Crippen LogP contribution in [0.25, 0.3) is 11.3 Å². The summed E-state index contributed by atoms with van der Waals surface area (Å²) < 4.78 is 6.31. The predicted octanol–water partition coefficient (Wildman–Crippen LogP) is 3.93. The lowest BCUT2D eigenvalue weighted by Gasteiger charge is -2.44. The van der Waals surface area contributed by atoms with E-state index in [1.165, 1.54) is 5.56 Å². The molecule has 10 rings (SSSR count). The number of para-hydroxylation sites is 2. The molecule has 0 spiro atoms. The molecule has 4 saturated heterocycles. The number of ether oxygens (including phenoxy) is 1. The van der Waals surface area contributed by atoms with Gasteiger partial charge >= 0.3 is 0 Å². The van der Waals surface area contributed by atoms with Gasteiger partial charge in [0, 0.05) is 75.6 Å². The van der Waals surface area contributed by atoms with Gasteiger partial charge in [-0.25, -0.2) is 4.98 Å². The number of hydrogen-bond donors (Lipinski definition) is 3. The molecule has 1 saturated carbocycles. The van der Waals surface area contributed by atoms with Crippen molar-refractivity contribution in [1.82, 2.24) is 30.4 Å². The highest BCUT2D eigenvalue weighted by Crippen LogP contribution is 2.45. The molecule has 4 aromatic rings. The maximum absolute atomic E-state index is 12.8. The average molecular weight is 786 g/mol. The number of anilines is 5. The number of nitrogens with one attached hydrogen (secondary N) is 1. The molecule has 15 nitrogen and oxygen atoms in total. The number of amides is 2. The van der Waals surface area contributed by atoms with Crippen LogP contribution in [0, 0.1) is 0 Å². The minimum absolute atomic E-state index is 0.166. The quantitative estimate of drug-likeness (QED) is 0.231. The van der Waals surface area contributed by atoms with E-state index in [0.717, 1.165) is 107 Å². The molecule has 3 atom stereocenters. The Labute approximate surface area is 338 Å². The van der Waals surface area contributed by atoms with Crippen LogP contribution in [0.2, 0.25) is 0 Å². The van der Waals surface area contributed by atoms with Gasteiger partial charge in [0.2, 0.25) is 17.8 Å². The Morgan fingerprint density at radius 2 is 1.57 bits per heavy atom. The van der Waals surface area contributed by atoms with E-state index in [4.69, 9.17) is 20.4 Å². The van der Waals surface area contributed by atoms with Gasteiger partial charge in [-0.1, -0.05) is 24.3 Å². The maximum atomic E-state index is 12.8. The van der Waals surface area contributed by atoms with Gasteiger partial charge in [-0.15, -0.1) is 10.2 Å². The van der Waals surface area contributed by atoms with Gasteiger partial charge in [0.15, 0.2) is 5.82 Å². The third kappa shape index (κ3) is 6.78. The number of hydrogen-bond acceptors (Lipinski definition) is 14. The van der Waals surface area contributed by atoms with Crippen LogP contribution in [0.1, 0.15) is 62.8 Å². The lowest BCUT2D eigenvalue weighted by Crippen LogP contribution is -2.55. The van der Waals surface area contributed by atoms with Crippen LogP contribution in [0.3, 0.4) is 0 Å². The minimum atomic E-state index is -0.339. The van der Waals surface area contributed by atoms with E-state index >= 15 is 0 Å². The summed E-state index contributed by atoms with van der Waals surface area (Å²) in [5.41, 5.74) is 10.7. The number of aromatic nitrogens is 4. The van der Waals surface area contributed by atoms with Gasteiger partial charge in [0.25, 0.3) is 0 Å². The van der Waals surface area contributed by atoms with E-state index in [0.29, 0.717) is 55.0 Å². The van der Waals surface area contributed by atoms with Crippen molar-refractivity contribution in [3.63, 3.8) is 0 Å². The van der Waals surface area contributed by atoms with Gasteiger partial charge in [-0.05, 0) is 86.8 Å². The van der Waals surface area contributed by atoms with Crippen molar-refractivity contribution in [2.45, 2.75) is 81.5 Å². The Morgan fingerprint density at radius 3 is 2.34 bits per heavy atom. The van der Waals surface area contributed by atoms with E-state index < -0.39 is 0 Å². The normalized spacial score (nSPS) is 26.3.